The van der Waals surface area contributed by atoms with Crippen molar-refractivity contribution < 1.29 is 13.2 Å². The molecule has 3 N–H and O–H groups in total. The molecule has 1 atom stereocenters. The van der Waals surface area contributed by atoms with Gasteiger partial charge in [0.2, 0.25) is 0 Å². The van der Waals surface area contributed by atoms with Crippen LogP contribution in [0, 0.1) is 0 Å². The van der Waals surface area contributed by atoms with E-state index in [2.05, 4.69) is 5.43 Å². The van der Waals surface area contributed by atoms with Crippen LogP contribution in [0.25, 0.3) is 0 Å². The Labute approximate surface area is 122 Å². The van der Waals surface area contributed by atoms with Gasteiger partial charge in [-0.25, -0.2) is 8.42 Å². The van der Waals surface area contributed by atoms with Crippen molar-refractivity contribution in [3.8, 4) is 0 Å². The maximum Gasteiger partial charge on any atom is 0.254 e. The van der Waals surface area contributed by atoms with Crippen molar-refractivity contribution >= 4 is 33.2 Å². The smallest absolute Gasteiger partial charge is 0.254 e. The molecule has 0 bridgehead atoms. The van der Waals surface area contributed by atoms with Crippen LogP contribution < -0.4 is 11.3 Å². The minimum atomic E-state index is -3.29. The van der Waals surface area contributed by atoms with Gasteiger partial charge in [0.15, 0.2) is 9.84 Å². The first kappa shape index (κ1) is 15.1. The van der Waals surface area contributed by atoms with E-state index < -0.39 is 15.2 Å². The number of nitrogens with zero attached hydrogens (tertiary/aromatic N) is 1. The predicted octanol–water partition coefficient (Wildman–Crippen LogP) is 0.532. The Morgan fingerprint density at radius 2 is 2.05 bits per heavy atom. The van der Waals surface area contributed by atoms with Crippen LogP contribution in [0.2, 0.25) is 0 Å². The lowest BCUT2D eigenvalue weighted by atomic mass is 10.2. The summed E-state index contributed by atoms with van der Waals surface area (Å²) in [5.74, 6) is 6.18. The average Bonchev–Trinajstić information content (AvgIpc) is 2.46. The first-order chi connectivity index (χ1) is 9.43. The Morgan fingerprint density at radius 3 is 2.60 bits per heavy atom. The van der Waals surface area contributed by atoms with Crippen LogP contribution in [0.1, 0.15) is 10.4 Å². The SMILES string of the molecule is CS(=O)(=O)C1CSCCN1C(=O)c1ccc(NN)cc1. The minimum Gasteiger partial charge on any atom is -0.324 e. The fourth-order valence-electron chi connectivity index (χ4n) is 2.04. The van der Waals surface area contributed by atoms with Gasteiger partial charge in [-0.3, -0.25) is 10.6 Å². The summed E-state index contributed by atoms with van der Waals surface area (Å²) in [4.78, 5) is 13.9. The summed E-state index contributed by atoms with van der Waals surface area (Å²) in [6.07, 6.45) is 1.17. The van der Waals surface area contributed by atoms with Crippen molar-refractivity contribution in [1.29, 1.82) is 0 Å². The Kier molecular flexibility index (Phi) is 4.56. The van der Waals surface area contributed by atoms with Gasteiger partial charge in [0.1, 0.15) is 5.37 Å². The van der Waals surface area contributed by atoms with E-state index in [0.717, 1.165) is 5.75 Å². The number of nitrogens with two attached hydrogens (primary N) is 1. The first-order valence-electron chi connectivity index (χ1n) is 6.08. The van der Waals surface area contributed by atoms with Gasteiger partial charge in [-0.05, 0) is 24.3 Å². The van der Waals surface area contributed by atoms with Crippen molar-refractivity contribution in [2.24, 2.45) is 5.84 Å². The molecule has 1 fully saturated rings. The maximum atomic E-state index is 12.5. The summed E-state index contributed by atoms with van der Waals surface area (Å²) in [7, 11) is -3.29. The molecule has 20 heavy (non-hydrogen) atoms. The molecule has 1 unspecified atom stereocenters. The number of carbonyl (C=O) groups excluding carboxylic acids is 1. The molecule has 1 amide bonds. The van der Waals surface area contributed by atoms with Gasteiger partial charge in [0.05, 0.1) is 0 Å². The lowest BCUT2D eigenvalue weighted by Gasteiger charge is -2.34. The lowest BCUT2D eigenvalue weighted by molar-refractivity contribution is 0.0749. The van der Waals surface area contributed by atoms with Crippen molar-refractivity contribution in [3.63, 3.8) is 0 Å². The lowest BCUT2D eigenvalue weighted by Crippen LogP contribution is -2.49. The molecular formula is C12H17N3O3S2. The normalized spacial score (nSPS) is 19.7. The van der Waals surface area contributed by atoms with E-state index in [1.54, 1.807) is 36.0 Å². The topological polar surface area (TPSA) is 92.5 Å². The number of nitrogens with one attached hydrogen (secondary N) is 1. The van der Waals surface area contributed by atoms with Gasteiger partial charge in [-0.15, -0.1) is 0 Å². The second kappa shape index (κ2) is 6.02. The molecule has 1 aliphatic rings. The summed E-state index contributed by atoms with van der Waals surface area (Å²) in [5, 5.41) is -0.749. The minimum absolute atomic E-state index is 0.260. The van der Waals surface area contributed by atoms with E-state index in [1.165, 1.54) is 11.2 Å². The van der Waals surface area contributed by atoms with Crippen molar-refractivity contribution in [2.45, 2.75) is 5.37 Å². The molecular weight excluding hydrogens is 298 g/mol. The molecule has 0 saturated carbocycles. The van der Waals surface area contributed by atoms with Gasteiger partial charge in [-0.1, -0.05) is 0 Å². The van der Waals surface area contributed by atoms with E-state index in [9.17, 15) is 13.2 Å². The van der Waals surface area contributed by atoms with Crippen LogP contribution in [0.5, 0.6) is 0 Å². The zero-order chi connectivity index (χ0) is 14.8. The predicted molar refractivity (Wildman–Crippen MR) is 81.2 cm³/mol. The fourth-order valence-corrected chi connectivity index (χ4v) is 4.86. The third-order valence-corrected chi connectivity index (χ3v) is 5.78. The molecule has 1 heterocycles. The molecule has 1 aromatic rings. The Morgan fingerprint density at radius 1 is 1.40 bits per heavy atom. The average molecular weight is 315 g/mol. The van der Waals surface area contributed by atoms with Crippen LogP contribution in [0.3, 0.4) is 0 Å². The van der Waals surface area contributed by atoms with Gasteiger partial charge >= 0.3 is 0 Å². The number of hydrazine groups is 1. The van der Waals surface area contributed by atoms with Crippen LogP contribution in [-0.4, -0.2) is 48.9 Å². The highest BCUT2D eigenvalue weighted by Gasteiger charge is 2.34. The van der Waals surface area contributed by atoms with Gasteiger partial charge in [-0.2, -0.15) is 11.8 Å². The molecule has 0 spiro atoms. The highest BCUT2D eigenvalue weighted by atomic mass is 32.2. The summed E-state index contributed by atoms with van der Waals surface area (Å²) < 4.78 is 23.6. The van der Waals surface area contributed by atoms with Crippen LogP contribution >= 0.6 is 11.8 Å². The van der Waals surface area contributed by atoms with E-state index in [1.807, 2.05) is 0 Å². The van der Waals surface area contributed by atoms with Crippen molar-refractivity contribution in [3.05, 3.63) is 29.8 Å². The Hall–Kier alpha value is -1.25. The second-order valence-corrected chi connectivity index (χ2v) is 7.93. The van der Waals surface area contributed by atoms with Crippen molar-refractivity contribution in [1.82, 2.24) is 4.90 Å². The molecule has 1 aromatic carbocycles. The molecule has 110 valence electrons. The number of carbonyl (C=O) groups is 1. The van der Waals surface area contributed by atoms with Crippen molar-refractivity contribution in [2.75, 3.05) is 29.7 Å². The number of rotatable bonds is 3. The third-order valence-electron chi connectivity index (χ3n) is 3.14. The van der Waals surface area contributed by atoms with Crippen LogP contribution in [0.4, 0.5) is 5.69 Å². The van der Waals surface area contributed by atoms with E-state index in [0.29, 0.717) is 23.5 Å². The number of sulfone groups is 1. The standard InChI is InChI=1S/C12H17N3O3S2/c1-20(17,18)11-8-19-7-6-15(11)12(16)9-2-4-10(14-13)5-3-9/h2-5,11,14H,6-8,13H2,1H3. The van der Waals surface area contributed by atoms with Crippen LogP contribution in [0.15, 0.2) is 24.3 Å². The number of thioether (sulfide) groups is 1. The first-order valence-corrected chi connectivity index (χ1v) is 9.18. The maximum absolute atomic E-state index is 12.5. The Bertz CT molecular complexity index is 586. The summed E-state index contributed by atoms with van der Waals surface area (Å²) >= 11 is 1.55. The number of benzene rings is 1. The Balaban J connectivity index is 2.25. The number of anilines is 1. The largest absolute Gasteiger partial charge is 0.324 e. The fraction of sp³-hybridized carbons (Fsp3) is 0.417. The molecule has 0 aliphatic carbocycles. The van der Waals surface area contributed by atoms with Gasteiger partial charge in [0, 0.05) is 35.6 Å². The van der Waals surface area contributed by atoms with Crippen LogP contribution in [-0.2, 0) is 9.84 Å². The number of nitrogen functional groups attached to an aromatic ring is 1. The van der Waals surface area contributed by atoms with Gasteiger partial charge in [0.25, 0.3) is 5.91 Å². The number of hydrogen-bond acceptors (Lipinski definition) is 6. The summed E-state index contributed by atoms with van der Waals surface area (Å²) in [6, 6.07) is 6.64. The quantitative estimate of drug-likeness (QED) is 0.624. The molecule has 1 saturated heterocycles. The molecule has 6 nitrogen and oxygen atoms in total. The van der Waals surface area contributed by atoms with Gasteiger partial charge < -0.3 is 10.3 Å². The highest BCUT2D eigenvalue weighted by molar-refractivity contribution is 8.00. The number of hydrogen-bond donors (Lipinski definition) is 2. The summed E-state index contributed by atoms with van der Waals surface area (Å²) in [6.45, 7) is 0.443. The zero-order valence-corrected chi connectivity index (χ0v) is 12.7. The second-order valence-electron chi connectivity index (χ2n) is 4.58. The molecule has 1 aliphatic heterocycles. The zero-order valence-electron chi connectivity index (χ0n) is 11.1. The molecule has 0 aromatic heterocycles. The summed E-state index contributed by atoms with van der Waals surface area (Å²) in [5.41, 5.74) is 3.63. The van der Waals surface area contributed by atoms with E-state index in [4.69, 9.17) is 5.84 Å². The van der Waals surface area contributed by atoms with E-state index >= 15 is 0 Å². The highest BCUT2D eigenvalue weighted by Crippen LogP contribution is 2.22. The molecule has 8 heteroatoms. The third kappa shape index (κ3) is 3.25. The molecule has 0 radical (unpaired) electrons. The molecule has 2 rings (SSSR count). The number of amides is 1. The monoisotopic (exact) mass is 315 g/mol. The van der Waals surface area contributed by atoms with E-state index in [-0.39, 0.29) is 5.91 Å².